The van der Waals surface area contributed by atoms with Crippen LogP contribution < -0.4 is 0 Å². The van der Waals surface area contributed by atoms with E-state index < -0.39 is 0 Å². The van der Waals surface area contributed by atoms with E-state index in [-0.39, 0.29) is 24.3 Å². The van der Waals surface area contributed by atoms with Crippen LogP contribution in [0.3, 0.4) is 0 Å². The number of nitrogens with zero attached hydrogens (tertiary/aromatic N) is 2. The van der Waals surface area contributed by atoms with Gasteiger partial charge in [-0.05, 0) is 49.1 Å². The number of aliphatic hydroxyl groups excluding tert-OH is 1. The highest BCUT2D eigenvalue weighted by molar-refractivity contribution is 5.93. The van der Waals surface area contributed by atoms with Gasteiger partial charge in [-0.1, -0.05) is 74.5 Å². The first-order valence-corrected chi connectivity index (χ1v) is 10.9. The number of aromatic nitrogens is 1. The number of Topliss-reactive ketones (excluding diaryl/α,β-unsaturated/α-hetero) is 1. The van der Waals surface area contributed by atoms with Gasteiger partial charge in [-0.3, -0.25) is 14.7 Å². The van der Waals surface area contributed by atoms with E-state index in [4.69, 9.17) is 0 Å². The lowest BCUT2D eigenvalue weighted by molar-refractivity contribution is 0.101. The van der Waals surface area contributed by atoms with Gasteiger partial charge in [0.1, 0.15) is 0 Å². The minimum Gasteiger partial charge on any atom is -0.396 e. The van der Waals surface area contributed by atoms with E-state index in [9.17, 15) is 9.90 Å². The summed E-state index contributed by atoms with van der Waals surface area (Å²) in [5, 5.41) is 9.45. The zero-order valence-electron chi connectivity index (χ0n) is 18.8. The second kappa shape index (κ2) is 13.5. The highest BCUT2D eigenvalue weighted by Gasteiger charge is 2.22. The lowest BCUT2D eigenvalue weighted by Crippen LogP contribution is -2.35. The Hall–Kier alpha value is -2.82. The fourth-order valence-corrected chi connectivity index (χ4v) is 3.53. The lowest BCUT2D eigenvalue weighted by atomic mass is 9.96. The molecule has 0 amide bonds. The van der Waals surface area contributed by atoms with Gasteiger partial charge in [0.15, 0.2) is 5.78 Å². The molecule has 0 aliphatic rings. The van der Waals surface area contributed by atoms with Crippen LogP contribution in [0.1, 0.15) is 54.7 Å². The lowest BCUT2D eigenvalue weighted by Gasteiger charge is -2.34. The highest BCUT2D eigenvalue weighted by atomic mass is 16.3. The van der Waals surface area contributed by atoms with Crippen LogP contribution in [0.4, 0.5) is 0 Å². The molecule has 0 fully saturated rings. The Morgan fingerprint density at radius 1 is 0.968 bits per heavy atom. The number of rotatable bonds is 9. The smallest absolute Gasteiger partial charge is 0.161 e. The van der Waals surface area contributed by atoms with Gasteiger partial charge < -0.3 is 5.11 Å². The second-order valence-electron chi connectivity index (χ2n) is 7.80. The van der Waals surface area contributed by atoms with Crippen LogP contribution in [0, 0.1) is 5.92 Å². The average Bonchev–Trinajstić information content (AvgIpc) is 2.81. The SMILES string of the molecule is CC(=O)c1cccnc1.CCCN(CC(C)CO)C(c1ccccc1)c1ccccc1. The van der Waals surface area contributed by atoms with Crippen molar-refractivity contribution in [2.24, 2.45) is 5.92 Å². The minimum atomic E-state index is 0.0584. The van der Waals surface area contributed by atoms with Gasteiger partial charge in [0.05, 0.1) is 6.04 Å². The van der Waals surface area contributed by atoms with Gasteiger partial charge in [-0.25, -0.2) is 0 Å². The predicted molar refractivity (Wildman–Crippen MR) is 127 cm³/mol. The number of carbonyl (C=O) groups is 1. The molecule has 3 aromatic rings. The fourth-order valence-electron chi connectivity index (χ4n) is 3.53. The third-order valence-electron chi connectivity index (χ3n) is 5.03. The molecule has 1 heterocycles. The summed E-state index contributed by atoms with van der Waals surface area (Å²) in [7, 11) is 0. The van der Waals surface area contributed by atoms with Crippen molar-refractivity contribution >= 4 is 5.78 Å². The standard InChI is InChI=1S/C20H27NO.C7H7NO/c1-3-14-21(15-17(2)16-22)20(18-10-6-4-7-11-18)19-12-8-5-9-13-19;1-6(9)7-3-2-4-8-5-7/h4-13,17,20,22H,3,14-16H2,1-2H3;2-5H,1H3. The number of pyridine rings is 1. The van der Waals surface area contributed by atoms with Crippen LogP contribution in [0.2, 0.25) is 0 Å². The van der Waals surface area contributed by atoms with Crippen molar-refractivity contribution in [3.05, 3.63) is 102 Å². The van der Waals surface area contributed by atoms with Gasteiger partial charge in [0.2, 0.25) is 0 Å². The molecule has 0 aliphatic heterocycles. The molecular formula is C27H34N2O2. The second-order valence-corrected chi connectivity index (χ2v) is 7.80. The Morgan fingerprint density at radius 2 is 1.55 bits per heavy atom. The van der Waals surface area contributed by atoms with E-state index >= 15 is 0 Å². The van der Waals surface area contributed by atoms with Gasteiger partial charge in [0, 0.05) is 31.1 Å². The van der Waals surface area contributed by atoms with Crippen molar-refractivity contribution in [1.82, 2.24) is 9.88 Å². The fraction of sp³-hybridized carbons (Fsp3) is 0.333. The number of ketones is 1. The third-order valence-corrected chi connectivity index (χ3v) is 5.03. The molecule has 0 saturated carbocycles. The van der Waals surface area contributed by atoms with Gasteiger partial charge in [0.25, 0.3) is 0 Å². The molecule has 0 saturated heterocycles. The van der Waals surface area contributed by atoms with Crippen LogP contribution >= 0.6 is 0 Å². The summed E-state index contributed by atoms with van der Waals surface area (Å²) in [5.74, 6) is 0.338. The molecule has 31 heavy (non-hydrogen) atoms. The van der Waals surface area contributed by atoms with E-state index in [1.165, 1.54) is 18.1 Å². The Labute approximate surface area is 186 Å². The van der Waals surface area contributed by atoms with Gasteiger partial charge >= 0.3 is 0 Å². The molecule has 4 heteroatoms. The molecule has 1 atom stereocenters. The first kappa shape index (κ1) is 24.4. The highest BCUT2D eigenvalue weighted by Crippen LogP contribution is 2.29. The van der Waals surface area contributed by atoms with E-state index in [1.54, 1.807) is 24.5 Å². The molecule has 4 nitrogen and oxygen atoms in total. The molecule has 164 valence electrons. The van der Waals surface area contributed by atoms with E-state index in [2.05, 4.69) is 84.4 Å². The number of hydrogen-bond donors (Lipinski definition) is 1. The normalized spacial score (nSPS) is 11.7. The maximum absolute atomic E-state index is 10.6. The zero-order valence-corrected chi connectivity index (χ0v) is 18.8. The first-order valence-electron chi connectivity index (χ1n) is 10.9. The Bertz CT molecular complexity index is 830. The minimum absolute atomic E-state index is 0.0584. The van der Waals surface area contributed by atoms with Gasteiger partial charge in [-0.15, -0.1) is 0 Å². The summed E-state index contributed by atoms with van der Waals surface area (Å²) in [6, 6.07) is 25.1. The number of hydrogen-bond acceptors (Lipinski definition) is 4. The summed E-state index contributed by atoms with van der Waals surface area (Å²) in [5.41, 5.74) is 3.29. The number of benzene rings is 2. The third kappa shape index (κ3) is 8.08. The molecule has 0 radical (unpaired) electrons. The summed E-state index contributed by atoms with van der Waals surface area (Å²) in [6.07, 6.45) is 4.31. The van der Waals surface area contributed by atoms with Crippen LogP contribution in [-0.4, -0.2) is 40.5 Å². The van der Waals surface area contributed by atoms with Crippen molar-refractivity contribution in [3.8, 4) is 0 Å². The maximum atomic E-state index is 10.6. The molecule has 1 N–H and O–H groups in total. The predicted octanol–water partition coefficient (Wildman–Crippen LogP) is 5.40. The summed E-state index contributed by atoms with van der Waals surface area (Å²) in [4.78, 5) is 16.9. The maximum Gasteiger partial charge on any atom is 0.161 e. The summed E-state index contributed by atoms with van der Waals surface area (Å²) >= 11 is 0. The Kier molecular flexibility index (Phi) is 10.6. The monoisotopic (exact) mass is 418 g/mol. The number of aliphatic hydroxyl groups is 1. The zero-order chi connectivity index (χ0) is 22.5. The van der Waals surface area contributed by atoms with Crippen molar-refractivity contribution < 1.29 is 9.90 Å². The average molecular weight is 419 g/mol. The van der Waals surface area contributed by atoms with Crippen molar-refractivity contribution in [1.29, 1.82) is 0 Å². The summed E-state index contributed by atoms with van der Waals surface area (Å²) < 4.78 is 0. The molecular weight excluding hydrogens is 384 g/mol. The topological polar surface area (TPSA) is 53.4 Å². The Balaban J connectivity index is 0.000000316. The van der Waals surface area contributed by atoms with Crippen LogP contribution in [0.15, 0.2) is 85.2 Å². The molecule has 0 spiro atoms. The van der Waals surface area contributed by atoms with Gasteiger partial charge in [-0.2, -0.15) is 0 Å². The van der Waals surface area contributed by atoms with Crippen molar-refractivity contribution in [3.63, 3.8) is 0 Å². The number of carbonyl (C=O) groups excluding carboxylic acids is 1. The van der Waals surface area contributed by atoms with E-state index in [0.29, 0.717) is 5.56 Å². The van der Waals surface area contributed by atoms with E-state index in [1.807, 2.05) is 0 Å². The van der Waals surface area contributed by atoms with Crippen molar-refractivity contribution in [2.75, 3.05) is 19.7 Å². The molecule has 0 bridgehead atoms. The largest absolute Gasteiger partial charge is 0.396 e. The van der Waals surface area contributed by atoms with Crippen LogP contribution in [0.5, 0.6) is 0 Å². The van der Waals surface area contributed by atoms with Crippen LogP contribution in [0.25, 0.3) is 0 Å². The molecule has 0 aliphatic carbocycles. The van der Waals surface area contributed by atoms with Crippen LogP contribution in [-0.2, 0) is 0 Å². The Morgan fingerprint density at radius 3 is 1.94 bits per heavy atom. The molecule has 3 rings (SSSR count). The molecule has 1 aromatic heterocycles. The van der Waals surface area contributed by atoms with Crippen molar-refractivity contribution in [2.45, 2.75) is 33.2 Å². The molecule has 2 aromatic carbocycles. The quantitative estimate of drug-likeness (QED) is 0.473. The summed E-state index contributed by atoms with van der Waals surface area (Å²) in [6.45, 7) is 8.00. The molecule has 1 unspecified atom stereocenters. The first-order chi connectivity index (χ1) is 15.1. The van der Waals surface area contributed by atoms with E-state index in [0.717, 1.165) is 19.5 Å².